The van der Waals surface area contributed by atoms with E-state index in [0.29, 0.717) is 17.9 Å². The van der Waals surface area contributed by atoms with Crippen LogP contribution < -0.4 is 5.32 Å². The van der Waals surface area contributed by atoms with Gasteiger partial charge in [-0.1, -0.05) is 13.0 Å². The highest BCUT2D eigenvalue weighted by Crippen LogP contribution is 2.18. The molecule has 0 aliphatic rings. The molecular weight excluding hydrogens is 412 g/mol. The molecule has 0 radical (unpaired) electrons. The van der Waals surface area contributed by atoms with E-state index in [2.05, 4.69) is 20.4 Å². The monoisotopic (exact) mass is 432 g/mol. The van der Waals surface area contributed by atoms with E-state index in [9.17, 15) is 18.0 Å². The third-order valence-electron chi connectivity index (χ3n) is 4.19. The first-order valence-electron chi connectivity index (χ1n) is 8.91. The minimum Gasteiger partial charge on any atom is -0.452 e. The lowest BCUT2D eigenvalue weighted by atomic mass is 10.2. The number of nitrogens with zero attached hydrogens (tertiary/aromatic N) is 5. The Morgan fingerprint density at radius 2 is 2.00 bits per heavy atom. The number of hydrogen-bond donors (Lipinski definition) is 1. The number of anilines is 1. The predicted octanol–water partition coefficient (Wildman–Crippen LogP) is 0.732. The number of benzene rings is 1. The Bertz CT molecular complexity index is 1200. The standard InChI is InChI=1S/C18H20N6O5S/c1-4-15-14(9-19-18-20-11-21-24(15)18)17(26)29-10-16(25)22-12-6-5-7-13(8-12)30(27,28)23(2)3/h5-9,11H,4,10H2,1-3H3,(H,22,25). The smallest absolute Gasteiger partial charge is 0.342 e. The van der Waals surface area contributed by atoms with Crippen molar-refractivity contribution in [1.29, 1.82) is 0 Å². The molecule has 158 valence electrons. The van der Waals surface area contributed by atoms with Crippen LogP contribution in [0.1, 0.15) is 23.0 Å². The molecule has 0 aliphatic heterocycles. The van der Waals surface area contributed by atoms with E-state index in [0.717, 1.165) is 4.31 Å². The summed E-state index contributed by atoms with van der Waals surface area (Å²) in [4.78, 5) is 32.6. The molecule has 0 unspecified atom stereocenters. The number of fused-ring (bicyclic) bond motifs is 1. The van der Waals surface area contributed by atoms with Crippen molar-refractivity contribution in [3.63, 3.8) is 0 Å². The van der Waals surface area contributed by atoms with Gasteiger partial charge >= 0.3 is 5.97 Å². The maximum absolute atomic E-state index is 12.4. The molecule has 2 heterocycles. The van der Waals surface area contributed by atoms with E-state index >= 15 is 0 Å². The average Bonchev–Trinajstić information content (AvgIpc) is 3.20. The van der Waals surface area contributed by atoms with Gasteiger partial charge in [-0.25, -0.2) is 27.0 Å². The fourth-order valence-corrected chi connectivity index (χ4v) is 3.63. The highest BCUT2D eigenvalue weighted by Gasteiger charge is 2.19. The van der Waals surface area contributed by atoms with Gasteiger partial charge in [0.05, 0.1) is 16.2 Å². The number of aryl methyl sites for hydroxylation is 1. The number of ether oxygens (including phenoxy) is 1. The van der Waals surface area contributed by atoms with Gasteiger partial charge in [0.1, 0.15) is 6.33 Å². The topological polar surface area (TPSA) is 136 Å². The quantitative estimate of drug-likeness (QED) is 0.540. The third kappa shape index (κ3) is 4.28. The summed E-state index contributed by atoms with van der Waals surface area (Å²) in [6, 6.07) is 5.79. The lowest BCUT2D eigenvalue weighted by Gasteiger charge is -2.13. The summed E-state index contributed by atoms with van der Waals surface area (Å²) in [5.74, 6) is -0.986. The minimum atomic E-state index is -3.64. The van der Waals surface area contributed by atoms with Gasteiger partial charge in [0.2, 0.25) is 10.0 Å². The molecule has 0 atom stereocenters. The average molecular weight is 432 g/mol. The maximum atomic E-state index is 12.4. The molecule has 0 spiro atoms. The minimum absolute atomic E-state index is 0.0297. The first-order valence-corrected chi connectivity index (χ1v) is 10.3. The van der Waals surface area contributed by atoms with Gasteiger partial charge in [-0.3, -0.25) is 4.79 Å². The molecule has 11 nitrogen and oxygen atoms in total. The molecule has 0 aliphatic carbocycles. The van der Waals surface area contributed by atoms with Crippen molar-refractivity contribution in [1.82, 2.24) is 23.9 Å². The van der Waals surface area contributed by atoms with Gasteiger partial charge in [0.25, 0.3) is 11.7 Å². The van der Waals surface area contributed by atoms with Crippen LogP contribution in [0.2, 0.25) is 0 Å². The van der Waals surface area contributed by atoms with Crippen molar-refractivity contribution in [2.75, 3.05) is 26.0 Å². The van der Waals surface area contributed by atoms with Crippen molar-refractivity contribution in [2.45, 2.75) is 18.2 Å². The number of aromatic nitrogens is 4. The Morgan fingerprint density at radius 1 is 1.23 bits per heavy atom. The lowest BCUT2D eigenvalue weighted by Crippen LogP contribution is -2.23. The van der Waals surface area contributed by atoms with E-state index < -0.39 is 28.5 Å². The van der Waals surface area contributed by atoms with E-state index in [1.54, 1.807) is 0 Å². The highest BCUT2D eigenvalue weighted by molar-refractivity contribution is 7.89. The van der Waals surface area contributed by atoms with Crippen molar-refractivity contribution < 1.29 is 22.7 Å². The molecular formula is C18H20N6O5S. The van der Waals surface area contributed by atoms with Crippen LogP contribution in [0.25, 0.3) is 5.78 Å². The summed E-state index contributed by atoms with van der Waals surface area (Å²) in [5, 5.41) is 6.54. The fraction of sp³-hybridized carbons (Fsp3) is 0.278. The first-order chi connectivity index (χ1) is 14.2. The number of hydrogen-bond acceptors (Lipinski definition) is 8. The van der Waals surface area contributed by atoms with Crippen LogP contribution in [-0.4, -0.2) is 64.9 Å². The van der Waals surface area contributed by atoms with Crippen LogP contribution in [0.15, 0.2) is 41.7 Å². The second kappa shape index (κ2) is 8.55. The molecule has 3 rings (SSSR count). The predicted molar refractivity (Wildman–Crippen MR) is 106 cm³/mol. The van der Waals surface area contributed by atoms with E-state index in [1.165, 1.54) is 55.4 Å². The van der Waals surface area contributed by atoms with Crippen LogP contribution in [0, 0.1) is 0 Å². The van der Waals surface area contributed by atoms with Gasteiger partial charge in [-0.2, -0.15) is 10.1 Å². The number of rotatable bonds is 7. The second-order valence-corrected chi connectivity index (χ2v) is 8.54. The zero-order chi connectivity index (χ0) is 21.9. The molecule has 1 N–H and O–H groups in total. The largest absolute Gasteiger partial charge is 0.452 e. The second-order valence-electron chi connectivity index (χ2n) is 6.38. The summed E-state index contributed by atoms with van der Waals surface area (Å²) < 4.78 is 32.0. The number of nitrogens with one attached hydrogen (secondary N) is 1. The summed E-state index contributed by atoms with van der Waals surface area (Å²) >= 11 is 0. The number of amides is 1. The van der Waals surface area contributed by atoms with Crippen LogP contribution in [-0.2, 0) is 26.0 Å². The number of carbonyl (C=O) groups excluding carboxylic acids is 2. The van der Waals surface area contributed by atoms with Crippen LogP contribution in [0.4, 0.5) is 5.69 Å². The molecule has 2 aromatic heterocycles. The Balaban J connectivity index is 1.68. The normalized spacial score (nSPS) is 11.6. The van der Waals surface area contributed by atoms with Gasteiger partial charge in [-0.15, -0.1) is 0 Å². The van der Waals surface area contributed by atoms with Crippen LogP contribution in [0.5, 0.6) is 0 Å². The molecule has 12 heteroatoms. The molecule has 30 heavy (non-hydrogen) atoms. The van der Waals surface area contributed by atoms with Crippen molar-refractivity contribution in [3.05, 3.63) is 48.0 Å². The zero-order valence-electron chi connectivity index (χ0n) is 16.6. The highest BCUT2D eigenvalue weighted by atomic mass is 32.2. The van der Waals surface area contributed by atoms with Crippen LogP contribution >= 0.6 is 0 Å². The Hall–Kier alpha value is -3.38. The molecule has 0 fully saturated rings. The Morgan fingerprint density at radius 3 is 2.70 bits per heavy atom. The zero-order valence-corrected chi connectivity index (χ0v) is 17.4. The maximum Gasteiger partial charge on any atom is 0.342 e. The van der Waals surface area contributed by atoms with Gasteiger partial charge in [0.15, 0.2) is 6.61 Å². The number of carbonyl (C=O) groups is 2. The van der Waals surface area contributed by atoms with Gasteiger partial charge in [0, 0.05) is 26.0 Å². The van der Waals surface area contributed by atoms with E-state index in [1.807, 2.05) is 6.92 Å². The van der Waals surface area contributed by atoms with E-state index in [4.69, 9.17) is 4.74 Å². The van der Waals surface area contributed by atoms with Crippen LogP contribution in [0.3, 0.4) is 0 Å². The van der Waals surface area contributed by atoms with Crippen molar-refractivity contribution >= 4 is 33.4 Å². The molecule has 1 amide bonds. The first kappa shape index (κ1) is 21.3. The molecule has 0 saturated carbocycles. The number of esters is 1. The SMILES string of the molecule is CCc1c(C(=O)OCC(=O)Nc2cccc(S(=O)(=O)N(C)C)c2)cnc2ncnn12. The molecule has 3 aromatic rings. The molecule has 0 saturated heterocycles. The third-order valence-corrected chi connectivity index (χ3v) is 6.00. The molecule has 0 bridgehead atoms. The number of sulfonamides is 1. The molecule has 1 aromatic carbocycles. The summed E-state index contributed by atoms with van der Waals surface area (Å²) in [6.45, 7) is 1.29. The van der Waals surface area contributed by atoms with E-state index in [-0.39, 0.29) is 16.1 Å². The summed E-state index contributed by atoms with van der Waals surface area (Å²) in [5.41, 5.74) is 1.01. The Labute approximate surface area is 172 Å². The fourth-order valence-electron chi connectivity index (χ4n) is 2.69. The lowest BCUT2D eigenvalue weighted by molar-refractivity contribution is -0.119. The summed E-state index contributed by atoms with van der Waals surface area (Å²) in [6.07, 6.45) is 3.14. The van der Waals surface area contributed by atoms with Gasteiger partial charge in [-0.05, 0) is 24.6 Å². The van der Waals surface area contributed by atoms with Crippen molar-refractivity contribution in [3.8, 4) is 0 Å². The van der Waals surface area contributed by atoms with Crippen molar-refractivity contribution in [2.24, 2.45) is 0 Å². The Kier molecular flexibility index (Phi) is 6.08. The summed E-state index contributed by atoms with van der Waals surface area (Å²) in [7, 11) is -0.816. The van der Waals surface area contributed by atoms with Gasteiger partial charge < -0.3 is 10.1 Å².